The van der Waals surface area contributed by atoms with Crippen molar-refractivity contribution >= 4 is 60.7 Å². The summed E-state index contributed by atoms with van der Waals surface area (Å²) in [5.41, 5.74) is -0.382. The van der Waals surface area contributed by atoms with Crippen LogP contribution in [0.5, 0.6) is 11.8 Å². The fourth-order valence-electron chi connectivity index (χ4n) is 2.86. The third kappa shape index (κ3) is 6.46. The summed E-state index contributed by atoms with van der Waals surface area (Å²) in [6.07, 6.45) is 0. The second-order valence-electron chi connectivity index (χ2n) is 6.34. The smallest absolute Gasteiger partial charge is 0.274 e. The van der Waals surface area contributed by atoms with Gasteiger partial charge in [0.15, 0.2) is 0 Å². The highest BCUT2D eigenvalue weighted by Crippen LogP contribution is 2.24. The number of hydrogen-bond donors (Lipinski definition) is 1. The number of fused-ring (bicyclic) bond motifs is 2. The Morgan fingerprint density at radius 2 is 1.42 bits per heavy atom. The molecule has 0 saturated carbocycles. The van der Waals surface area contributed by atoms with Crippen LogP contribution in [0.25, 0.3) is 21.5 Å². The van der Waals surface area contributed by atoms with Gasteiger partial charge in [-0.2, -0.15) is 0 Å². The van der Waals surface area contributed by atoms with Crippen molar-refractivity contribution in [2.45, 2.75) is 20.4 Å². The average molecular weight is 558 g/mol. The number of benzene rings is 2. The maximum atomic E-state index is 11.9. The van der Waals surface area contributed by atoms with Crippen molar-refractivity contribution in [2.75, 3.05) is 19.5 Å². The van der Waals surface area contributed by atoms with E-state index < -0.39 is 0 Å². The molecule has 0 atom stereocenters. The van der Waals surface area contributed by atoms with Crippen LogP contribution in [0.4, 0.5) is 0 Å². The first kappa shape index (κ1) is 26.6. The average Bonchev–Trinajstić information content (AvgIpc) is 2.80. The maximum Gasteiger partial charge on any atom is 0.274 e. The van der Waals surface area contributed by atoms with Crippen molar-refractivity contribution in [3.8, 4) is 11.8 Å². The second-order valence-corrected chi connectivity index (χ2v) is 8.33. The van der Waals surface area contributed by atoms with Gasteiger partial charge in [-0.3, -0.25) is 9.59 Å². The lowest BCUT2D eigenvalue weighted by molar-refractivity contribution is 0.384. The van der Waals surface area contributed by atoms with Gasteiger partial charge >= 0.3 is 0 Å². The molecule has 11 heteroatoms. The zero-order valence-corrected chi connectivity index (χ0v) is 21.6. The molecule has 0 amide bonds. The number of aromatic amines is 1. The number of hydrogen-bond acceptors (Lipinski definition) is 6. The summed E-state index contributed by atoms with van der Waals surface area (Å²) in [6, 6.07) is 10.0. The number of halogens is 3. The number of aryl methyl sites for hydroxylation is 1. The van der Waals surface area contributed by atoms with Gasteiger partial charge in [0.2, 0.25) is 11.8 Å². The lowest BCUT2D eigenvalue weighted by Crippen LogP contribution is -2.22. The summed E-state index contributed by atoms with van der Waals surface area (Å²) in [5, 5.41) is 14.7. The normalized spacial score (nSPS) is 10.2. The molecule has 0 aliphatic carbocycles. The number of nitrogens with zero attached hydrogens (tertiary/aromatic N) is 3. The van der Waals surface area contributed by atoms with E-state index in [0.29, 0.717) is 49.9 Å². The van der Waals surface area contributed by atoms with Crippen LogP contribution >= 0.6 is 39.1 Å². The number of nitrogens with one attached hydrogen (secondary N) is 1. The van der Waals surface area contributed by atoms with Crippen LogP contribution in [0, 0.1) is 0 Å². The summed E-state index contributed by atoms with van der Waals surface area (Å²) in [7, 11) is 3.01. The largest absolute Gasteiger partial charge is 0.480 e. The molecule has 0 unspecified atom stereocenters. The number of alkyl halides is 1. The van der Waals surface area contributed by atoms with Gasteiger partial charge in [-0.25, -0.2) is 9.78 Å². The van der Waals surface area contributed by atoms with E-state index in [2.05, 4.69) is 31.2 Å². The quantitative estimate of drug-likeness (QED) is 0.353. The van der Waals surface area contributed by atoms with Crippen LogP contribution in [0.1, 0.15) is 13.8 Å². The van der Waals surface area contributed by atoms with E-state index in [1.807, 2.05) is 13.8 Å². The molecule has 0 saturated heterocycles. The molecule has 4 aromatic rings. The van der Waals surface area contributed by atoms with Crippen molar-refractivity contribution < 1.29 is 9.47 Å². The Labute approximate surface area is 208 Å². The number of rotatable bonds is 3. The predicted octanol–water partition coefficient (Wildman–Crippen LogP) is 5.06. The predicted molar refractivity (Wildman–Crippen MR) is 137 cm³/mol. The molecule has 33 heavy (non-hydrogen) atoms. The minimum atomic E-state index is -0.252. The van der Waals surface area contributed by atoms with Crippen molar-refractivity contribution in [3.63, 3.8) is 0 Å². The van der Waals surface area contributed by atoms with E-state index >= 15 is 0 Å². The van der Waals surface area contributed by atoms with E-state index in [4.69, 9.17) is 32.7 Å². The van der Waals surface area contributed by atoms with Crippen LogP contribution in [0.15, 0.2) is 46.0 Å². The minimum Gasteiger partial charge on any atom is -0.480 e. The topological polar surface area (TPSA) is 99.1 Å². The van der Waals surface area contributed by atoms with Crippen molar-refractivity contribution in [2.24, 2.45) is 0 Å². The van der Waals surface area contributed by atoms with Gasteiger partial charge in [-0.1, -0.05) is 46.1 Å². The van der Waals surface area contributed by atoms with Crippen LogP contribution in [0.3, 0.4) is 0 Å². The van der Waals surface area contributed by atoms with Gasteiger partial charge < -0.3 is 9.47 Å². The molecule has 0 radical (unpaired) electrons. The van der Waals surface area contributed by atoms with Crippen LogP contribution in [0.2, 0.25) is 10.0 Å². The maximum absolute atomic E-state index is 11.9. The summed E-state index contributed by atoms with van der Waals surface area (Å²) in [4.78, 5) is 23.3. The molecule has 0 spiro atoms. The Bertz CT molecular complexity index is 1360. The first-order valence-corrected chi connectivity index (χ1v) is 11.7. The molecule has 0 aliphatic heterocycles. The third-order valence-electron chi connectivity index (χ3n) is 4.29. The van der Waals surface area contributed by atoms with Gasteiger partial charge in [0.1, 0.15) is 0 Å². The van der Waals surface area contributed by atoms with Gasteiger partial charge in [-0.05, 0) is 43.3 Å². The molecule has 8 nitrogen and oxygen atoms in total. The number of aromatic nitrogens is 4. The fourth-order valence-corrected chi connectivity index (χ4v) is 3.21. The Hall–Kier alpha value is -2.62. The lowest BCUT2D eigenvalue weighted by atomic mass is 10.2. The van der Waals surface area contributed by atoms with Crippen LogP contribution in [-0.4, -0.2) is 39.5 Å². The summed E-state index contributed by atoms with van der Waals surface area (Å²) < 4.78 is 11.5. The minimum absolute atomic E-state index is 0.130. The molecule has 4 rings (SSSR count). The van der Waals surface area contributed by atoms with Gasteiger partial charge in [0.05, 0.1) is 35.8 Å². The molecule has 0 bridgehead atoms. The number of ether oxygens (including phenoxy) is 2. The molecule has 0 fully saturated rings. The Kier molecular flexibility index (Phi) is 10.1. The van der Waals surface area contributed by atoms with E-state index in [9.17, 15) is 9.59 Å². The summed E-state index contributed by atoms with van der Waals surface area (Å²) in [5.74, 6) is 0.779. The Morgan fingerprint density at radius 1 is 0.909 bits per heavy atom. The zero-order chi connectivity index (χ0) is 24.5. The van der Waals surface area contributed by atoms with Crippen molar-refractivity contribution in [1.82, 2.24) is 20.0 Å². The van der Waals surface area contributed by atoms with Crippen molar-refractivity contribution in [3.05, 3.63) is 67.2 Å². The van der Waals surface area contributed by atoms with Crippen LogP contribution < -0.4 is 20.6 Å². The first-order valence-electron chi connectivity index (χ1n) is 9.83. The van der Waals surface area contributed by atoms with E-state index in [1.54, 1.807) is 36.4 Å². The lowest BCUT2D eigenvalue weighted by Gasteiger charge is -2.08. The van der Waals surface area contributed by atoms with E-state index in [0.717, 1.165) is 5.33 Å². The zero-order valence-electron chi connectivity index (χ0n) is 18.5. The Morgan fingerprint density at radius 3 is 1.94 bits per heavy atom. The highest BCUT2D eigenvalue weighted by atomic mass is 79.9. The Balaban J connectivity index is 0.000000210. The molecule has 2 aromatic heterocycles. The summed E-state index contributed by atoms with van der Waals surface area (Å²) in [6.45, 7) is 4.41. The standard InChI is InChI=1S/C11H11ClN2O2.C9H7ClN2O2.C2H5Br/c1-3-14-11(15)8-5-4-7(12)6-9(8)10(13-14)16-2;1-14-9-7-4-5(10)2-3-6(7)8(13)11-12-9;1-2-3/h4-6H,3H2,1-2H3;2-4H,1H3,(H,11,13);2H2,1H3. The molecular formula is C22H23BrCl2N4O4. The molecule has 0 aliphatic rings. The monoisotopic (exact) mass is 556 g/mol. The number of methoxy groups -OCH3 is 2. The first-order chi connectivity index (χ1) is 15.8. The highest BCUT2D eigenvalue weighted by Gasteiger charge is 2.10. The van der Waals surface area contributed by atoms with Gasteiger partial charge in [0, 0.05) is 21.9 Å². The SMILES string of the molecule is CCBr.CCn1nc(OC)c2cc(Cl)ccc2c1=O.COc1n[nH]c(=O)c2ccc(Cl)cc12. The van der Waals surface area contributed by atoms with Gasteiger partial charge in [0.25, 0.3) is 11.1 Å². The fraction of sp³-hybridized carbons (Fsp3) is 0.273. The highest BCUT2D eigenvalue weighted by molar-refractivity contribution is 9.09. The molecule has 1 N–H and O–H groups in total. The van der Waals surface area contributed by atoms with Gasteiger partial charge in [-0.15, -0.1) is 10.2 Å². The molecular weight excluding hydrogens is 535 g/mol. The summed E-state index contributed by atoms with van der Waals surface area (Å²) >= 11 is 14.8. The number of H-pyrrole nitrogens is 1. The second kappa shape index (κ2) is 12.6. The van der Waals surface area contributed by atoms with Crippen LogP contribution in [-0.2, 0) is 6.54 Å². The molecule has 2 aromatic carbocycles. The van der Waals surface area contributed by atoms with E-state index in [-0.39, 0.29) is 11.1 Å². The van der Waals surface area contributed by atoms with Crippen molar-refractivity contribution in [1.29, 1.82) is 0 Å². The van der Waals surface area contributed by atoms with E-state index in [1.165, 1.54) is 18.9 Å². The molecule has 176 valence electrons. The third-order valence-corrected chi connectivity index (χ3v) is 4.76. The molecule has 2 heterocycles.